The molecule has 0 aromatic heterocycles. The summed E-state index contributed by atoms with van der Waals surface area (Å²) in [4.78, 5) is 11.1. The highest BCUT2D eigenvalue weighted by Gasteiger charge is 2.37. The minimum Gasteiger partial charge on any atom is -0.399 e. The van der Waals surface area contributed by atoms with Crippen LogP contribution in [0.2, 0.25) is 0 Å². The molecule has 0 spiro atoms. The van der Waals surface area contributed by atoms with Crippen molar-refractivity contribution >= 4 is 110 Å². The van der Waals surface area contributed by atoms with Crippen LogP contribution in [0.1, 0.15) is 15.9 Å². The average molecular weight is 848 g/mol. The van der Waals surface area contributed by atoms with Gasteiger partial charge in [-0.05, 0) is 103 Å². The number of nitrogens with one attached hydrogen (secondary N) is 2. The van der Waals surface area contributed by atoms with Gasteiger partial charge in [0, 0.05) is 17.1 Å². The maximum Gasteiger partial charge on any atom is 0.296 e. The van der Waals surface area contributed by atoms with Gasteiger partial charge in [-0.1, -0.05) is 0 Å². The molecule has 0 saturated heterocycles. The van der Waals surface area contributed by atoms with Gasteiger partial charge >= 0.3 is 0 Å². The lowest BCUT2D eigenvalue weighted by molar-refractivity contribution is 0.106. The molecule has 6 rings (SSSR count). The normalized spacial score (nSPS) is 14.2. The van der Waals surface area contributed by atoms with Crippen molar-refractivity contribution < 1.29 is 43.7 Å². The number of hydrogen-bond acceptors (Lipinski definition) is 18. The third kappa shape index (κ3) is 8.96. The van der Waals surface area contributed by atoms with E-state index in [0.717, 1.165) is 6.07 Å². The molecule has 0 atom stereocenters. The highest BCUT2D eigenvalue weighted by molar-refractivity contribution is 7.91. The van der Waals surface area contributed by atoms with Crippen molar-refractivity contribution in [2.45, 2.75) is 9.79 Å². The smallest absolute Gasteiger partial charge is 0.296 e. The highest BCUT2D eigenvalue weighted by atomic mass is 32.2. The Kier molecular flexibility index (Phi) is 10.8. The van der Waals surface area contributed by atoms with Gasteiger partial charge in [0.25, 0.3) is 30.4 Å². The number of benzene rings is 5. The van der Waals surface area contributed by atoms with Crippen LogP contribution in [-0.4, -0.2) is 50.4 Å². The van der Waals surface area contributed by atoms with E-state index < -0.39 is 79.0 Å². The molecular formula is C34H29N11O10S3. The van der Waals surface area contributed by atoms with Crippen LogP contribution in [0, 0.1) is 0 Å². The van der Waals surface area contributed by atoms with Gasteiger partial charge in [0.1, 0.15) is 26.1 Å². The maximum absolute atomic E-state index is 13.9. The lowest BCUT2D eigenvalue weighted by Gasteiger charge is -2.20. The van der Waals surface area contributed by atoms with E-state index in [2.05, 4.69) is 36.3 Å². The monoisotopic (exact) mass is 847 g/mol. The topological polar surface area (TPSA) is 370 Å². The Bertz CT molecular complexity index is 2970. The lowest BCUT2D eigenvalue weighted by atomic mass is 9.92. The molecule has 0 bridgehead atoms. The van der Waals surface area contributed by atoms with E-state index in [1.165, 1.54) is 54.6 Å². The van der Waals surface area contributed by atoms with Crippen molar-refractivity contribution in [3.05, 3.63) is 107 Å². The fourth-order valence-corrected chi connectivity index (χ4v) is 7.32. The van der Waals surface area contributed by atoms with Crippen LogP contribution in [0.25, 0.3) is 6.08 Å². The Morgan fingerprint density at radius 2 is 1.17 bits per heavy atom. The molecule has 0 amide bonds. The van der Waals surface area contributed by atoms with E-state index in [4.69, 9.17) is 22.9 Å². The fourth-order valence-electron chi connectivity index (χ4n) is 5.32. The Balaban J connectivity index is 1.32. The van der Waals surface area contributed by atoms with E-state index >= 15 is 0 Å². The number of nitrogen functional groups attached to an aromatic ring is 4. The van der Waals surface area contributed by atoms with Crippen molar-refractivity contribution in [2.24, 2.45) is 25.6 Å². The Hall–Kier alpha value is -7.09. The van der Waals surface area contributed by atoms with E-state index in [1.807, 2.05) is 0 Å². The van der Waals surface area contributed by atoms with Gasteiger partial charge in [-0.3, -0.25) is 23.9 Å². The van der Waals surface area contributed by atoms with Crippen LogP contribution >= 0.6 is 0 Å². The summed E-state index contributed by atoms with van der Waals surface area (Å²) in [5.41, 5.74) is 24.6. The molecule has 0 radical (unpaired) electrons. The van der Waals surface area contributed by atoms with Crippen molar-refractivity contribution in [3.8, 4) is 0 Å². The predicted octanol–water partition coefficient (Wildman–Crippen LogP) is 5.98. The molecule has 0 fully saturated rings. The molecule has 5 aromatic rings. The summed E-state index contributed by atoms with van der Waals surface area (Å²) in [5, 5.41) is 22.6. The zero-order valence-corrected chi connectivity index (χ0v) is 31.7. The van der Waals surface area contributed by atoms with Crippen LogP contribution in [0.5, 0.6) is 0 Å². The van der Waals surface area contributed by atoms with Crippen molar-refractivity contribution in [2.75, 3.05) is 33.7 Å². The summed E-state index contributed by atoms with van der Waals surface area (Å²) in [6.07, 6.45) is 0.676. The molecular weight excluding hydrogens is 819 g/mol. The van der Waals surface area contributed by atoms with Gasteiger partial charge in [0.2, 0.25) is 5.78 Å². The molecule has 0 saturated carbocycles. The molecule has 24 heteroatoms. The van der Waals surface area contributed by atoms with Gasteiger partial charge in [-0.2, -0.15) is 40.6 Å². The van der Waals surface area contributed by atoms with Crippen LogP contribution in [0.15, 0.2) is 131 Å². The molecule has 1 aliphatic rings. The quantitative estimate of drug-likeness (QED) is 0.0319. The van der Waals surface area contributed by atoms with Crippen LogP contribution in [-0.2, 0) is 30.4 Å². The van der Waals surface area contributed by atoms with Crippen molar-refractivity contribution in [3.63, 3.8) is 0 Å². The fraction of sp³-hybridized carbons (Fsp3) is 0. The third-order valence-electron chi connectivity index (χ3n) is 8.04. The summed E-state index contributed by atoms with van der Waals surface area (Å²) in [6.45, 7) is 0. The minimum atomic E-state index is -5.28. The molecule has 5 aromatic carbocycles. The Labute approximate surface area is 329 Å². The van der Waals surface area contributed by atoms with Crippen molar-refractivity contribution in [1.29, 1.82) is 0 Å². The molecule has 298 valence electrons. The first kappa shape index (κ1) is 40.6. The van der Waals surface area contributed by atoms with Gasteiger partial charge in [0.15, 0.2) is 5.71 Å². The molecule has 58 heavy (non-hydrogen) atoms. The highest BCUT2D eigenvalue weighted by Crippen LogP contribution is 2.41. The number of nitrogens with zero attached hydrogens (tertiary/aromatic N) is 5. The second kappa shape index (κ2) is 15.4. The average Bonchev–Trinajstić information content (AvgIpc) is 3.14. The number of carbonyl (C=O) groups excluding carboxylic acids is 1. The number of hydrogen-bond donors (Lipinski definition) is 9. The molecule has 13 N–H and O–H groups in total. The Morgan fingerprint density at radius 3 is 1.78 bits per heavy atom. The number of allylic oxidation sites excluding steroid dienone is 1. The summed E-state index contributed by atoms with van der Waals surface area (Å²) < 4.78 is 105. The number of nitrogens with two attached hydrogens (primary N) is 4. The number of azo groups is 2. The van der Waals surface area contributed by atoms with E-state index in [1.54, 1.807) is 24.3 Å². The number of hydrazone groups is 1. The first-order valence-electron chi connectivity index (χ1n) is 16.0. The number of rotatable bonds is 11. The van der Waals surface area contributed by atoms with Gasteiger partial charge in [-0.15, -0.1) is 10.2 Å². The molecule has 1 aliphatic carbocycles. The van der Waals surface area contributed by atoms with Gasteiger partial charge in [0.05, 0.1) is 39.7 Å². The second-order valence-electron chi connectivity index (χ2n) is 12.1. The van der Waals surface area contributed by atoms with Crippen molar-refractivity contribution in [1.82, 2.24) is 0 Å². The van der Waals surface area contributed by atoms with Crippen LogP contribution in [0.3, 0.4) is 0 Å². The zero-order chi connectivity index (χ0) is 42.2. The third-order valence-corrected chi connectivity index (χ3v) is 10.7. The lowest BCUT2D eigenvalue weighted by Crippen LogP contribution is -2.28. The van der Waals surface area contributed by atoms with Crippen LogP contribution < -0.4 is 33.7 Å². The zero-order valence-electron chi connectivity index (χ0n) is 29.2. The van der Waals surface area contributed by atoms with E-state index in [9.17, 15) is 43.7 Å². The number of ketones is 1. The number of carbonyl (C=O) groups is 1. The largest absolute Gasteiger partial charge is 0.399 e. The summed E-state index contributed by atoms with van der Waals surface area (Å²) in [6, 6.07) is 20.8. The SMILES string of the molecule is Nc1ccc(N=Nc2c(S(=O)(=O)O)cc3c(c2N)C(=O)C(=NNc2ccc(Nc4ccc(N=Nc5ccc(N)cc5N)cc4)c(S(=O)(=O)O)c2)C(S(=O)(=O)O)=C3)cc1. The van der Waals surface area contributed by atoms with Gasteiger partial charge in [-0.25, -0.2) is 0 Å². The van der Waals surface area contributed by atoms with Crippen LogP contribution in [0.4, 0.5) is 62.6 Å². The molecule has 21 nitrogen and oxygen atoms in total. The number of fused-ring (bicyclic) bond motifs is 1. The molecule has 0 unspecified atom stereocenters. The second-order valence-corrected chi connectivity index (χ2v) is 16.3. The predicted molar refractivity (Wildman–Crippen MR) is 216 cm³/mol. The number of Topliss-reactive ketones (excluding diaryl/α,β-unsaturated/α-hetero) is 1. The van der Waals surface area contributed by atoms with Gasteiger partial charge < -0.3 is 28.3 Å². The summed E-state index contributed by atoms with van der Waals surface area (Å²) >= 11 is 0. The number of anilines is 7. The first-order valence-corrected chi connectivity index (χ1v) is 20.4. The van der Waals surface area contributed by atoms with E-state index in [0.29, 0.717) is 46.3 Å². The minimum absolute atomic E-state index is 0.117. The summed E-state index contributed by atoms with van der Waals surface area (Å²) in [7, 11) is -15.3. The molecule has 0 heterocycles. The maximum atomic E-state index is 13.9. The summed E-state index contributed by atoms with van der Waals surface area (Å²) in [5.74, 6) is -1.27. The standard InChI is InChI=1S/C34H29N11O10S3/c35-18-1-4-21(5-2-18)41-44-32-28(57(50,51)52)13-17-14-29(58(53,54)55)33(34(46)30(17)31(32)38)45-42-23-10-12-26(27(16-23)56(47,48)49)39-20-6-8-22(9-7-20)40-43-25-11-3-19(36)15-24(25)37/h1-16,39,42H,35-38H2,(H,47,48,49)(H,50,51,52)(H,53,54,55). The Morgan fingerprint density at radius 1 is 0.586 bits per heavy atom. The molecule has 0 aliphatic heterocycles. The first-order chi connectivity index (χ1) is 27.2. The van der Waals surface area contributed by atoms with E-state index in [-0.39, 0.29) is 17.1 Å².